The molecule has 1 aromatic carbocycles. The molecular weight excluding hydrogens is 256 g/mol. The SMILES string of the molecule is COc1ccccc1COCOC(=O)C1CCCCC1. The first-order chi connectivity index (χ1) is 9.81. The van der Waals surface area contributed by atoms with Crippen LogP contribution in [0.25, 0.3) is 0 Å². The van der Waals surface area contributed by atoms with Crippen molar-refractivity contribution in [3.8, 4) is 5.75 Å². The summed E-state index contributed by atoms with van der Waals surface area (Å²) in [4.78, 5) is 11.8. The van der Waals surface area contributed by atoms with Crippen molar-refractivity contribution in [3.05, 3.63) is 29.8 Å². The molecule has 0 N–H and O–H groups in total. The largest absolute Gasteiger partial charge is 0.496 e. The Kier molecular flexibility index (Phi) is 5.87. The molecule has 0 spiro atoms. The van der Waals surface area contributed by atoms with Gasteiger partial charge in [0.05, 0.1) is 19.6 Å². The zero-order chi connectivity index (χ0) is 14.2. The molecular formula is C16H22O4. The maximum absolute atomic E-state index is 11.8. The molecule has 0 aliphatic heterocycles. The number of rotatable bonds is 6. The molecule has 0 bridgehead atoms. The van der Waals surface area contributed by atoms with E-state index in [0.717, 1.165) is 37.0 Å². The first kappa shape index (κ1) is 14.9. The lowest BCUT2D eigenvalue weighted by molar-refractivity contribution is -0.163. The van der Waals surface area contributed by atoms with Gasteiger partial charge in [-0.3, -0.25) is 4.79 Å². The van der Waals surface area contributed by atoms with Gasteiger partial charge in [-0.25, -0.2) is 0 Å². The smallest absolute Gasteiger partial charge is 0.311 e. The third-order valence-corrected chi connectivity index (χ3v) is 3.67. The summed E-state index contributed by atoms with van der Waals surface area (Å²) in [5, 5.41) is 0. The summed E-state index contributed by atoms with van der Waals surface area (Å²) in [6, 6.07) is 7.65. The molecule has 4 heteroatoms. The Balaban J connectivity index is 1.69. The normalized spacial score (nSPS) is 15.8. The maximum Gasteiger partial charge on any atom is 0.311 e. The molecule has 1 fully saturated rings. The molecule has 2 rings (SSSR count). The molecule has 0 amide bonds. The summed E-state index contributed by atoms with van der Waals surface area (Å²) < 4.78 is 15.8. The Labute approximate surface area is 120 Å². The van der Waals surface area contributed by atoms with E-state index in [9.17, 15) is 4.79 Å². The van der Waals surface area contributed by atoms with Gasteiger partial charge in [0.2, 0.25) is 0 Å². The van der Waals surface area contributed by atoms with Gasteiger partial charge in [0.1, 0.15) is 5.75 Å². The summed E-state index contributed by atoms with van der Waals surface area (Å²) in [6.07, 6.45) is 5.38. The average Bonchev–Trinajstić information content (AvgIpc) is 2.52. The number of hydrogen-bond acceptors (Lipinski definition) is 4. The summed E-state index contributed by atoms with van der Waals surface area (Å²) in [7, 11) is 1.63. The quantitative estimate of drug-likeness (QED) is 0.455. The van der Waals surface area contributed by atoms with Gasteiger partial charge in [0.25, 0.3) is 0 Å². The Morgan fingerprint density at radius 1 is 1.20 bits per heavy atom. The summed E-state index contributed by atoms with van der Waals surface area (Å²) in [6.45, 7) is 0.384. The molecule has 0 radical (unpaired) electrons. The minimum Gasteiger partial charge on any atom is -0.496 e. The van der Waals surface area contributed by atoms with Gasteiger partial charge in [-0.1, -0.05) is 37.5 Å². The Morgan fingerprint density at radius 2 is 1.95 bits per heavy atom. The number of methoxy groups -OCH3 is 1. The van der Waals surface area contributed by atoms with Crippen molar-refractivity contribution < 1.29 is 19.0 Å². The Bertz CT molecular complexity index is 424. The van der Waals surface area contributed by atoms with Crippen LogP contribution in [0.2, 0.25) is 0 Å². The van der Waals surface area contributed by atoms with E-state index in [-0.39, 0.29) is 18.7 Å². The molecule has 1 saturated carbocycles. The highest BCUT2D eigenvalue weighted by Gasteiger charge is 2.22. The standard InChI is InChI=1S/C16H22O4/c1-18-15-10-6-5-9-14(15)11-19-12-20-16(17)13-7-3-2-4-8-13/h5-6,9-10,13H,2-4,7-8,11-12H2,1H3. The van der Waals surface area contributed by atoms with Crippen LogP contribution in [0.1, 0.15) is 37.7 Å². The first-order valence-electron chi connectivity index (χ1n) is 7.17. The minimum absolute atomic E-state index is 0.00732. The van der Waals surface area contributed by atoms with Gasteiger partial charge in [-0.15, -0.1) is 0 Å². The lowest BCUT2D eigenvalue weighted by Gasteiger charge is -2.19. The Morgan fingerprint density at radius 3 is 2.70 bits per heavy atom. The molecule has 1 aliphatic rings. The molecule has 4 nitrogen and oxygen atoms in total. The van der Waals surface area contributed by atoms with E-state index in [1.165, 1.54) is 6.42 Å². The zero-order valence-electron chi connectivity index (χ0n) is 12.0. The van der Waals surface area contributed by atoms with Crippen molar-refractivity contribution in [1.82, 2.24) is 0 Å². The highest BCUT2D eigenvalue weighted by atomic mass is 16.7. The second kappa shape index (κ2) is 7.90. The molecule has 0 atom stereocenters. The number of carbonyl (C=O) groups excluding carboxylic acids is 1. The van der Waals surface area contributed by atoms with Crippen molar-refractivity contribution in [2.24, 2.45) is 5.92 Å². The van der Waals surface area contributed by atoms with Crippen LogP contribution in [-0.2, 0) is 20.9 Å². The predicted octanol–water partition coefficient (Wildman–Crippen LogP) is 3.29. The molecule has 1 aromatic rings. The van der Waals surface area contributed by atoms with Crippen molar-refractivity contribution in [3.63, 3.8) is 0 Å². The van der Waals surface area contributed by atoms with Crippen molar-refractivity contribution in [2.75, 3.05) is 13.9 Å². The van der Waals surface area contributed by atoms with Gasteiger partial charge in [0.15, 0.2) is 6.79 Å². The van der Waals surface area contributed by atoms with E-state index in [2.05, 4.69) is 0 Å². The van der Waals surface area contributed by atoms with Crippen LogP contribution in [0, 0.1) is 5.92 Å². The second-order valence-electron chi connectivity index (χ2n) is 5.08. The van der Waals surface area contributed by atoms with Crippen molar-refractivity contribution >= 4 is 5.97 Å². The average molecular weight is 278 g/mol. The molecule has 0 saturated heterocycles. The monoisotopic (exact) mass is 278 g/mol. The fourth-order valence-electron chi connectivity index (χ4n) is 2.53. The third-order valence-electron chi connectivity index (χ3n) is 3.67. The van der Waals surface area contributed by atoms with Crippen LogP contribution < -0.4 is 4.74 Å². The van der Waals surface area contributed by atoms with Crippen LogP contribution in [0.4, 0.5) is 0 Å². The van der Waals surface area contributed by atoms with E-state index >= 15 is 0 Å². The lowest BCUT2D eigenvalue weighted by atomic mass is 9.89. The number of hydrogen-bond donors (Lipinski definition) is 0. The van der Waals surface area contributed by atoms with Crippen LogP contribution in [-0.4, -0.2) is 19.9 Å². The molecule has 0 heterocycles. The lowest BCUT2D eigenvalue weighted by Crippen LogP contribution is -2.21. The van der Waals surface area contributed by atoms with Crippen LogP contribution in [0.5, 0.6) is 5.75 Å². The first-order valence-corrected chi connectivity index (χ1v) is 7.17. The number of benzene rings is 1. The van der Waals surface area contributed by atoms with E-state index in [1.807, 2.05) is 24.3 Å². The van der Waals surface area contributed by atoms with Gasteiger partial charge in [-0.2, -0.15) is 0 Å². The number of ether oxygens (including phenoxy) is 3. The summed E-state index contributed by atoms with van der Waals surface area (Å²) >= 11 is 0. The van der Waals surface area contributed by atoms with E-state index in [1.54, 1.807) is 7.11 Å². The second-order valence-corrected chi connectivity index (χ2v) is 5.08. The van der Waals surface area contributed by atoms with E-state index in [0.29, 0.717) is 6.61 Å². The molecule has 20 heavy (non-hydrogen) atoms. The predicted molar refractivity (Wildman–Crippen MR) is 75.3 cm³/mol. The highest BCUT2D eigenvalue weighted by molar-refractivity contribution is 5.72. The van der Waals surface area contributed by atoms with Crippen molar-refractivity contribution in [2.45, 2.75) is 38.7 Å². The summed E-state index contributed by atoms with van der Waals surface area (Å²) in [5.41, 5.74) is 0.948. The number of esters is 1. The topological polar surface area (TPSA) is 44.8 Å². The Hall–Kier alpha value is -1.55. The molecule has 0 unspecified atom stereocenters. The third kappa shape index (κ3) is 4.23. The van der Waals surface area contributed by atoms with Gasteiger partial charge >= 0.3 is 5.97 Å². The fraction of sp³-hybridized carbons (Fsp3) is 0.562. The molecule has 1 aliphatic carbocycles. The van der Waals surface area contributed by atoms with E-state index in [4.69, 9.17) is 14.2 Å². The molecule has 110 valence electrons. The van der Waals surface area contributed by atoms with E-state index < -0.39 is 0 Å². The fourth-order valence-corrected chi connectivity index (χ4v) is 2.53. The van der Waals surface area contributed by atoms with Gasteiger partial charge < -0.3 is 14.2 Å². The number of para-hydroxylation sites is 1. The summed E-state index contributed by atoms with van der Waals surface area (Å²) in [5.74, 6) is 0.731. The van der Waals surface area contributed by atoms with Crippen LogP contribution in [0.15, 0.2) is 24.3 Å². The number of carbonyl (C=O) groups is 1. The van der Waals surface area contributed by atoms with Gasteiger partial charge in [0, 0.05) is 5.56 Å². The minimum atomic E-state index is -0.121. The molecule has 0 aromatic heterocycles. The highest BCUT2D eigenvalue weighted by Crippen LogP contribution is 2.24. The van der Waals surface area contributed by atoms with Crippen molar-refractivity contribution in [1.29, 1.82) is 0 Å². The van der Waals surface area contributed by atoms with Crippen LogP contribution in [0.3, 0.4) is 0 Å². The van der Waals surface area contributed by atoms with Crippen LogP contribution >= 0.6 is 0 Å². The zero-order valence-corrected chi connectivity index (χ0v) is 12.0. The maximum atomic E-state index is 11.8. The van der Waals surface area contributed by atoms with Gasteiger partial charge in [-0.05, 0) is 18.9 Å².